The SMILES string of the molecule is CNCC(C)CN1CCCS1(=O)=O. The van der Waals surface area contributed by atoms with Crippen LogP contribution in [0.5, 0.6) is 0 Å². The Labute approximate surface area is 80.4 Å². The molecule has 1 N–H and O–H groups in total. The highest BCUT2D eigenvalue weighted by Gasteiger charge is 2.28. The summed E-state index contributed by atoms with van der Waals surface area (Å²) in [7, 11) is -1.01. The summed E-state index contributed by atoms with van der Waals surface area (Å²) >= 11 is 0. The van der Waals surface area contributed by atoms with Crippen molar-refractivity contribution >= 4 is 10.0 Å². The Morgan fingerprint density at radius 2 is 2.23 bits per heavy atom. The molecular weight excluding hydrogens is 188 g/mol. The summed E-state index contributed by atoms with van der Waals surface area (Å²) in [6.45, 7) is 4.29. The first-order valence-corrected chi connectivity index (χ1v) is 6.29. The molecule has 78 valence electrons. The molecule has 1 saturated heterocycles. The van der Waals surface area contributed by atoms with Crippen LogP contribution in [0.15, 0.2) is 0 Å². The Morgan fingerprint density at radius 1 is 1.54 bits per heavy atom. The van der Waals surface area contributed by atoms with Crippen molar-refractivity contribution in [2.75, 3.05) is 32.4 Å². The second-order valence-corrected chi connectivity index (χ2v) is 5.78. The molecular formula is C8H18N2O2S. The lowest BCUT2D eigenvalue weighted by Gasteiger charge is -2.18. The van der Waals surface area contributed by atoms with Gasteiger partial charge in [0, 0.05) is 13.1 Å². The lowest BCUT2D eigenvalue weighted by molar-refractivity contribution is 0.371. The third kappa shape index (κ3) is 2.93. The topological polar surface area (TPSA) is 49.4 Å². The first-order valence-electron chi connectivity index (χ1n) is 4.68. The van der Waals surface area contributed by atoms with Crippen LogP contribution in [0.25, 0.3) is 0 Å². The highest BCUT2D eigenvalue weighted by Crippen LogP contribution is 2.14. The smallest absolute Gasteiger partial charge is 0.214 e. The molecule has 13 heavy (non-hydrogen) atoms. The Morgan fingerprint density at radius 3 is 2.69 bits per heavy atom. The predicted octanol–water partition coefficient (Wildman–Crippen LogP) is -0.123. The molecule has 5 heteroatoms. The number of nitrogens with zero attached hydrogens (tertiary/aromatic N) is 1. The Bertz CT molecular complexity index is 251. The minimum absolute atomic E-state index is 0.333. The molecule has 0 aromatic rings. The van der Waals surface area contributed by atoms with E-state index in [1.165, 1.54) is 0 Å². The lowest BCUT2D eigenvalue weighted by atomic mass is 10.2. The molecule has 1 atom stereocenters. The van der Waals surface area contributed by atoms with Crippen LogP contribution in [0.3, 0.4) is 0 Å². The highest BCUT2D eigenvalue weighted by atomic mass is 32.2. The van der Waals surface area contributed by atoms with Gasteiger partial charge >= 0.3 is 0 Å². The lowest BCUT2D eigenvalue weighted by Crippen LogP contribution is -2.33. The van der Waals surface area contributed by atoms with Gasteiger partial charge in [0.2, 0.25) is 10.0 Å². The van der Waals surface area contributed by atoms with Crippen LogP contribution < -0.4 is 5.32 Å². The zero-order valence-corrected chi connectivity index (χ0v) is 9.10. The molecule has 0 aromatic carbocycles. The van der Waals surface area contributed by atoms with E-state index in [-0.39, 0.29) is 0 Å². The van der Waals surface area contributed by atoms with Gasteiger partial charge in [0.25, 0.3) is 0 Å². The zero-order valence-electron chi connectivity index (χ0n) is 8.28. The summed E-state index contributed by atoms with van der Waals surface area (Å²) in [6, 6.07) is 0. The predicted molar refractivity (Wildman–Crippen MR) is 53.1 cm³/mol. The minimum atomic E-state index is -2.89. The van der Waals surface area contributed by atoms with E-state index in [2.05, 4.69) is 12.2 Å². The molecule has 1 heterocycles. The van der Waals surface area contributed by atoms with E-state index < -0.39 is 10.0 Å². The number of rotatable bonds is 4. The molecule has 1 unspecified atom stereocenters. The van der Waals surface area contributed by atoms with Gasteiger partial charge in [-0.2, -0.15) is 0 Å². The largest absolute Gasteiger partial charge is 0.319 e. The first-order chi connectivity index (χ1) is 6.06. The van der Waals surface area contributed by atoms with E-state index in [0.29, 0.717) is 24.8 Å². The fourth-order valence-corrected chi connectivity index (χ4v) is 3.30. The van der Waals surface area contributed by atoms with Crippen molar-refractivity contribution in [1.82, 2.24) is 9.62 Å². The van der Waals surface area contributed by atoms with Crippen molar-refractivity contribution in [3.05, 3.63) is 0 Å². The molecule has 0 aliphatic carbocycles. The van der Waals surface area contributed by atoms with Crippen LogP contribution in [-0.2, 0) is 10.0 Å². The number of nitrogens with one attached hydrogen (secondary N) is 1. The fourth-order valence-electron chi connectivity index (χ4n) is 1.66. The monoisotopic (exact) mass is 206 g/mol. The third-order valence-corrected chi connectivity index (χ3v) is 4.19. The molecule has 1 rings (SSSR count). The maximum Gasteiger partial charge on any atom is 0.214 e. The molecule has 0 radical (unpaired) electrons. The maximum atomic E-state index is 11.4. The van der Waals surface area contributed by atoms with E-state index in [4.69, 9.17) is 0 Å². The average molecular weight is 206 g/mol. The van der Waals surface area contributed by atoms with Gasteiger partial charge in [-0.15, -0.1) is 0 Å². The second kappa shape index (κ2) is 4.39. The maximum absolute atomic E-state index is 11.4. The summed E-state index contributed by atoms with van der Waals surface area (Å²) in [5.41, 5.74) is 0. The molecule has 4 nitrogen and oxygen atoms in total. The van der Waals surface area contributed by atoms with Gasteiger partial charge in [0.05, 0.1) is 5.75 Å². The van der Waals surface area contributed by atoms with Crippen LogP contribution in [-0.4, -0.2) is 45.2 Å². The van der Waals surface area contributed by atoms with Gasteiger partial charge < -0.3 is 5.32 Å². The fraction of sp³-hybridized carbons (Fsp3) is 1.00. The molecule has 1 fully saturated rings. The number of hydrogen-bond donors (Lipinski definition) is 1. The van der Waals surface area contributed by atoms with Crippen LogP contribution in [0.4, 0.5) is 0 Å². The van der Waals surface area contributed by atoms with Crippen molar-refractivity contribution in [2.45, 2.75) is 13.3 Å². The summed E-state index contributed by atoms with van der Waals surface area (Å²) in [5.74, 6) is 0.720. The number of hydrogen-bond acceptors (Lipinski definition) is 3. The Hall–Kier alpha value is -0.130. The summed E-state index contributed by atoms with van der Waals surface area (Å²) < 4.78 is 24.4. The van der Waals surface area contributed by atoms with Crippen LogP contribution in [0, 0.1) is 5.92 Å². The third-order valence-electron chi connectivity index (χ3n) is 2.27. The summed E-state index contributed by atoms with van der Waals surface area (Å²) in [4.78, 5) is 0. The molecule has 0 spiro atoms. The zero-order chi connectivity index (χ0) is 9.90. The van der Waals surface area contributed by atoms with Crippen LogP contribution in [0.1, 0.15) is 13.3 Å². The highest BCUT2D eigenvalue weighted by molar-refractivity contribution is 7.89. The number of sulfonamides is 1. The van der Waals surface area contributed by atoms with Crippen LogP contribution in [0.2, 0.25) is 0 Å². The van der Waals surface area contributed by atoms with E-state index in [1.807, 2.05) is 7.05 Å². The Balaban J connectivity index is 2.45. The van der Waals surface area contributed by atoms with Crippen molar-refractivity contribution in [3.63, 3.8) is 0 Å². The van der Waals surface area contributed by atoms with Gasteiger partial charge in [-0.3, -0.25) is 0 Å². The second-order valence-electron chi connectivity index (χ2n) is 3.69. The van der Waals surface area contributed by atoms with Gasteiger partial charge in [0.1, 0.15) is 0 Å². The quantitative estimate of drug-likeness (QED) is 0.697. The summed E-state index contributed by atoms with van der Waals surface area (Å²) in [6.07, 6.45) is 0.786. The molecule has 0 amide bonds. The van der Waals surface area contributed by atoms with Gasteiger partial charge in [0.15, 0.2) is 0 Å². The average Bonchev–Trinajstić information content (AvgIpc) is 2.31. The van der Waals surface area contributed by atoms with Crippen LogP contribution >= 0.6 is 0 Å². The van der Waals surface area contributed by atoms with Gasteiger partial charge in [-0.1, -0.05) is 6.92 Å². The van der Waals surface area contributed by atoms with Crippen molar-refractivity contribution in [3.8, 4) is 0 Å². The first kappa shape index (κ1) is 10.9. The van der Waals surface area contributed by atoms with E-state index in [9.17, 15) is 8.42 Å². The standard InChI is InChI=1S/C8H18N2O2S/c1-8(6-9-2)7-10-4-3-5-13(10,11)12/h8-9H,3-7H2,1-2H3. The van der Waals surface area contributed by atoms with Crippen molar-refractivity contribution in [1.29, 1.82) is 0 Å². The van der Waals surface area contributed by atoms with E-state index >= 15 is 0 Å². The van der Waals surface area contributed by atoms with E-state index in [0.717, 1.165) is 13.0 Å². The molecule has 1 aliphatic heterocycles. The molecule has 0 bridgehead atoms. The van der Waals surface area contributed by atoms with E-state index in [1.54, 1.807) is 4.31 Å². The van der Waals surface area contributed by atoms with Gasteiger partial charge in [-0.05, 0) is 25.9 Å². The Kier molecular flexibility index (Phi) is 3.70. The van der Waals surface area contributed by atoms with Crippen molar-refractivity contribution < 1.29 is 8.42 Å². The molecule has 0 aromatic heterocycles. The normalized spacial score (nSPS) is 24.8. The minimum Gasteiger partial charge on any atom is -0.319 e. The summed E-state index contributed by atoms with van der Waals surface area (Å²) in [5, 5.41) is 3.05. The molecule has 0 saturated carbocycles. The molecule has 1 aliphatic rings. The van der Waals surface area contributed by atoms with Gasteiger partial charge in [-0.25, -0.2) is 12.7 Å². The van der Waals surface area contributed by atoms with Crippen molar-refractivity contribution in [2.24, 2.45) is 5.92 Å².